The van der Waals surface area contributed by atoms with Crippen molar-refractivity contribution < 1.29 is 14.6 Å². The van der Waals surface area contributed by atoms with E-state index in [4.69, 9.17) is 9.47 Å². The summed E-state index contributed by atoms with van der Waals surface area (Å²) in [4.78, 5) is 0. The number of hydrogen-bond donors (Lipinski definition) is 1. The highest BCUT2D eigenvalue weighted by atomic mass is 16.5. The maximum atomic E-state index is 11.1. The van der Waals surface area contributed by atoms with E-state index in [9.17, 15) is 5.11 Å². The SMILES string of the molecule is CCOC1(C(O)c2cc(C)ccc2OC)CCCC(C)C1. The molecule has 0 radical (unpaired) electrons. The van der Waals surface area contributed by atoms with Crippen LogP contribution in [0.1, 0.15) is 56.8 Å². The molecule has 1 N–H and O–H groups in total. The van der Waals surface area contributed by atoms with Crippen molar-refractivity contribution in [2.75, 3.05) is 13.7 Å². The quantitative estimate of drug-likeness (QED) is 0.890. The van der Waals surface area contributed by atoms with Crippen LogP contribution >= 0.6 is 0 Å². The van der Waals surface area contributed by atoms with Crippen molar-refractivity contribution in [3.8, 4) is 5.75 Å². The molecule has 3 unspecified atom stereocenters. The lowest BCUT2D eigenvalue weighted by molar-refractivity contribution is -0.150. The summed E-state index contributed by atoms with van der Waals surface area (Å²) in [5.74, 6) is 1.32. The minimum atomic E-state index is -0.643. The Morgan fingerprint density at radius 2 is 2.19 bits per heavy atom. The molecular weight excluding hydrogens is 264 g/mol. The summed E-state index contributed by atoms with van der Waals surface area (Å²) < 4.78 is 11.5. The van der Waals surface area contributed by atoms with Crippen LogP contribution in [0.3, 0.4) is 0 Å². The minimum absolute atomic E-state index is 0.479. The Hall–Kier alpha value is -1.06. The highest BCUT2D eigenvalue weighted by Gasteiger charge is 2.43. The molecule has 2 rings (SSSR count). The van der Waals surface area contributed by atoms with Gasteiger partial charge in [0.1, 0.15) is 11.9 Å². The summed E-state index contributed by atoms with van der Waals surface area (Å²) in [5.41, 5.74) is 1.49. The Bertz CT molecular complexity index is 468. The lowest BCUT2D eigenvalue weighted by Crippen LogP contribution is -2.43. The molecule has 3 atom stereocenters. The standard InChI is InChI=1S/C18H28O3/c1-5-21-18(10-6-7-14(3)12-18)17(19)15-11-13(2)8-9-16(15)20-4/h8-9,11,14,17,19H,5-7,10,12H2,1-4H3. The number of methoxy groups -OCH3 is 1. The zero-order valence-electron chi connectivity index (χ0n) is 13.7. The van der Waals surface area contributed by atoms with Gasteiger partial charge in [-0.25, -0.2) is 0 Å². The van der Waals surface area contributed by atoms with Gasteiger partial charge in [0, 0.05) is 12.2 Å². The number of aliphatic hydroxyl groups excluding tert-OH is 1. The van der Waals surface area contributed by atoms with Gasteiger partial charge in [-0.2, -0.15) is 0 Å². The molecule has 1 aromatic rings. The van der Waals surface area contributed by atoms with E-state index in [2.05, 4.69) is 6.92 Å². The van der Waals surface area contributed by atoms with Crippen LogP contribution in [0.15, 0.2) is 18.2 Å². The van der Waals surface area contributed by atoms with Crippen LogP contribution < -0.4 is 4.74 Å². The van der Waals surface area contributed by atoms with Gasteiger partial charge >= 0.3 is 0 Å². The first-order chi connectivity index (χ1) is 10.0. The van der Waals surface area contributed by atoms with E-state index in [0.717, 1.165) is 36.1 Å². The molecule has 1 aliphatic carbocycles. The second-order valence-electron chi connectivity index (χ2n) is 6.35. The fraction of sp³-hybridized carbons (Fsp3) is 0.667. The van der Waals surface area contributed by atoms with Crippen LogP contribution in [0.2, 0.25) is 0 Å². The lowest BCUT2D eigenvalue weighted by Gasteiger charge is -2.43. The molecule has 21 heavy (non-hydrogen) atoms. The second kappa shape index (κ2) is 6.80. The van der Waals surface area contributed by atoms with Gasteiger partial charge in [-0.1, -0.05) is 31.4 Å². The Morgan fingerprint density at radius 1 is 1.43 bits per heavy atom. The monoisotopic (exact) mass is 292 g/mol. The van der Waals surface area contributed by atoms with Crippen molar-refractivity contribution in [3.63, 3.8) is 0 Å². The molecule has 0 aliphatic heterocycles. The number of hydrogen-bond acceptors (Lipinski definition) is 3. The van der Waals surface area contributed by atoms with E-state index in [1.165, 1.54) is 6.42 Å². The fourth-order valence-corrected chi connectivity index (χ4v) is 3.64. The third kappa shape index (κ3) is 3.41. The summed E-state index contributed by atoms with van der Waals surface area (Å²) in [7, 11) is 1.65. The average molecular weight is 292 g/mol. The molecule has 0 bridgehead atoms. The number of ether oxygens (including phenoxy) is 2. The first kappa shape index (κ1) is 16.3. The van der Waals surface area contributed by atoms with Crippen LogP contribution in [0.25, 0.3) is 0 Å². The molecule has 1 saturated carbocycles. The van der Waals surface area contributed by atoms with E-state index < -0.39 is 11.7 Å². The summed E-state index contributed by atoms with van der Waals surface area (Å²) in [6, 6.07) is 5.95. The smallest absolute Gasteiger partial charge is 0.124 e. The summed E-state index contributed by atoms with van der Waals surface area (Å²) in [5, 5.41) is 11.1. The van der Waals surface area contributed by atoms with Crippen molar-refractivity contribution in [1.29, 1.82) is 0 Å². The zero-order chi connectivity index (χ0) is 15.5. The maximum Gasteiger partial charge on any atom is 0.124 e. The normalized spacial score (nSPS) is 27.4. The molecule has 1 fully saturated rings. The first-order valence-corrected chi connectivity index (χ1v) is 7.99. The van der Waals surface area contributed by atoms with Gasteiger partial charge in [0.25, 0.3) is 0 Å². The molecular formula is C18H28O3. The predicted molar refractivity (Wildman–Crippen MR) is 84.7 cm³/mol. The van der Waals surface area contributed by atoms with E-state index >= 15 is 0 Å². The minimum Gasteiger partial charge on any atom is -0.496 e. The van der Waals surface area contributed by atoms with Gasteiger partial charge < -0.3 is 14.6 Å². The Kier molecular flexibility index (Phi) is 5.28. The zero-order valence-corrected chi connectivity index (χ0v) is 13.7. The highest BCUT2D eigenvalue weighted by molar-refractivity contribution is 5.39. The van der Waals surface area contributed by atoms with Crippen molar-refractivity contribution in [2.24, 2.45) is 5.92 Å². The predicted octanol–water partition coefficient (Wildman–Crippen LogP) is 4.02. The number of rotatable bonds is 5. The van der Waals surface area contributed by atoms with Gasteiger partial charge in [0.05, 0.1) is 12.7 Å². The van der Waals surface area contributed by atoms with Crippen molar-refractivity contribution >= 4 is 0 Å². The average Bonchev–Trinajstić information content (AvgIpc) is 2.46. The van der Waals surface area contributed by atoms with Crippen LogP contribution in [0.4, 0.5) is 0 Å². The molecule has 0 amide bonds. The van der Waals surface area contributed by atoms with Gasteiger partial charge in [-0.3, -0.25) is 0 Å². The first-order valence-electron chi connectivity index (χ1n) is 7.99. The Labute approximate surface area is 128 Å². The summed E-state index contributed by atoms with van der Waals surface area (Å²) in [6.45, 7) is 6.90. The topological polar surface area (TPSA) is 38.7 Å². The summed E-state index contributed by atoms with van der Waals surface area (Å²) in [6.07, 6.45) is 3.48. The molecule has 0 saturated heterocycles. The van der Waals surface area contributed by atoms with Crippen LogP contribution in [-0.2, 0) is 4.74 Å². The van der Waals surface area contributed by atoms with E-state index in [1.54, 1.807) is 7.11 Å². The molecule has 0 spiro atoms. The van der Waals surface area contributed by atoms with Crippen molar-refractivity contribution in [3.05, 3.63) is 29.3 Å². The van der Waals surface area contributed by atoms with E-state index in [-0.39, 0.29) is 0 Å². The third-order valence-electron chi connectivity index (χ3n) is 4.60. The van der Waals surface area contributed by atoms with E-state index in [0.29, 0.717) is 12.5 Å². The maximum absolute atomic E-state index is 11.1. The largest absolute Gasteiger partial charge is 0.496 e. The second-order valence-corrected chi connectivity index (χ2v) is 6.35. The van der Waals surface area contributed by atoms with Crippen molar-refractivity contribution in [2.45, 2.75) is 58.2 Å². The molecule has 3 heteroatoms. The van der Waals surface area contributed by atoms with Gasteiger partial charge in [-0.05, 0) is 44.7 Å². The fourth-order valence-electron chi connectivity index (χ4n) is 3.64. The number of aryl methyl sites for hydroxylation is 1. The molecule has 3 nitrogen and oxygen atoms in total. The van der Waals surface area contributed by atoms with Gasteiger partial charge in [0.2, 0.25) is 0 Å². The van der Waals surface area contributed by atoms with Crippen LogP contribution in [-0.4, -0.2) is 24.4 Å². The van der Waals surface area contributed by atoms with Crippen LogP contribution in [0, 0.1) is 12.8 Å². The number of benzene rings is 1. The number of aliphatic hydroxyl groups is 1. The van der Waals surface area contributed by atoms with Gasteiger partial charge in [-0.15, -0.1) is 0 Å². The van der Waals surface area contributed by atoms with Crippen LogP contribution in [0.5, 0.6) is 5.75 Å². The highest BCUT2D eigenvalue weighted by Crippen LogP contribution is 2.45. The molecule has 118 valence electrons. The molecule has 1 aromatic carbocycles. The summed E-state index contributed by atoms with van der Waals surface area (Å²) >= 11 is 0. The lowest BCUT2D eigenvalue weighted by atomic mass is 9.73. The molecule has 1 aliphatic rings. The Balaban J connectivity index is 2.38. The molecule has 0 heterocycles. The van der Waals surface area contributed by atoms with E-state index in [1.807, 2.05) is 32.0 Å². The Morgan fingerprint density at radius 3 is 2.81 bits per heavy atom. The molecule has 0 aromatic heterocycles. The third-order valence-corrected chi connectivity index (χ3v) is 4.60. The van der Waals surface area contributed by atoms with Gasteiger partial charge in [0.15, 0.2) is 0 Å². The van der Waals surface area contributed by atoms with Crippen molar-refractivity contribution in [1.82, 2.24) is 0 Å².